The molecule has 1 aromatic heterocycles. The minimum atomic E-state index is -0.0515. The van der Waals surface area contributed by atoms with Crippen molar-refractivity contribution in [3.05, 3.63) is 10.6 Å². The average molecular weight is 418 g/mol. The van der Waals surface area contributed by atoms with Crippen LogP contribution < -0.4 is 5.73 Å². The fourth-order valence-electron chi connectivity index (χ4n) is 7.78. The molecule has 3 fully saturated rings. The molecular formula is C23H35N3O2S. The summed E-state index contributed by atoms with van der Waals surface area (Å²) in [5.41, 5.74) is 7.52. The molecule has 160 valence electrons. The zero-order valence-corrected chi connectivity index (χ0v) is 18.7. The van der Waals surface area contributed by atoms with Gasteiger partial charge in [0.05, 0.1) is 5.69 Å². The number of fused-ring (bicyclic) bond motifs is 7. The fourth-order valence-corrected chi connectivity index (χ4v) is 8.62. The van der Waals surface area contributed by atoms with E-state index in [9.17, 15) is 4.79 Å². The molecule has 6 heteroatoms. The lowest BCUT2D eigenvalue weighted by molar-refractivity contribution is -0.160. The molecule has 7 atom stereocenters. The second-order valence-electron chi connectivity index (χ2n) is 10.6. The molecule has 5 rings (SSSR count). The van der Waals surface area contributed by atoms with Gasteiger partial charge < -0.3 is 10.5 Å². The van der Waals surface area contributed by atoms with Gasteiger partial charge in [-0.15, -0.1) is 5.10 Å². The van der Waals surface area contributed by atoms with Gasteiger partial charge in [-0.3, -0.25) is 4.79 Å². The van der Waals surface area contributed by atoms with Crippen molar-refractivity contribution in [2.75, 3.05) is 6.54 Å². The van der Waals surface area contributed by atoms with Crippen molar-refractivity contribution in [1.29, 1.82) is 0 Å². The lowest BCUT2D eigenvalue weighted by atomic mass is 9.45. The molecule has 0 aliphatic heterocycles. The first kappa shape index (κ1) is 19.9. The number of nitrogens with zero attached hydrogens (tertiary/aromatic N) is 2. The number of hydrogen-bond donors (Lipinski definition) is 1. The van der Waals surface area contributed by atoms with Gasteiger partial charge in [0, 0.05) is 16.7 Å². The van der Waals surface area contributed by atoms with Crippen LogP contribution in [0.25, 0.3) is 0 Å². The van der Waals surface area contributed by atoms with Crippen LogP contribution in [0.15, 0.2) is 0 Å². The smallest absolute Gasteiger partial charge is 0.306 e. The Morgan fingerprint density at radius 2 is 2.07 bits per heavy atom. The van der Waals surface area contributed by atoms with E-state index < -0.39 is 0 Å². The molecule has 5 nitrogen and oxygen atoms in total. The van der Waals surface area contributed by atoms with E-state index in [1.807, 2.05) is 0 Å². The maximum absolute atomic E-state index is 12.1. The van der Waals surface area contributed by atoms with Gasteiger partial charge in [-0.25, -0.2) is 0 Å². The SMILES string of the molecule is C[C@]12CC[C@H](OC(=O)CCCN)C[C@@H]1CC[C@@H]1[C@@H]2CC[C@]2(C)c3nnsc3C[C@@H]12. The number of aromatic nitrogens is 2. The number of hydrogen-bond acceptors (Lipinski definition) is 6. The standard InChI is InChI=1S/C23H35N3O2S/c1-22-9-7-15(28-20(27)4-3-11-24)12-14(22)5-6-16-17(22)8-10-23(2)18(16)13-19-21(23)25-26-29-19/h14-18H,3-13,24H2,1-2H3/t14-,15-,16+,17-,18-,22-,23-/m0/s1. The molecule has 1 aromatic rings. The molecule has 0 unspecified atom stereocenters. The van der Waals surface area contributed by atoms with Crippen molar-refractivity contribution in [1.82, 2.24) is 9.59 Å². The first-order valence-electron chi connectivity index (χ1n) is 11.7. The summed E-state index contributed by atoms with van der Waals surface area (Å²) >= 11 is 1.63. The predicted molar refractivity (Wildman–Crippen MR) is 114 cm³/mol. The highest BCUT2D eigenvalue weighted by Crippen LogP contribution is 2.65. The van der Waals surface area contributed by atoms with Crippen LogP contribution in [0.1, 0.15) is 82.2 Å². The summed E-state index contributed by atoms with van der Waals surface area (Å²) in [4.78, 5) is 13.5. The Hall–Kier alpha value is -1.01. The van der Waals surface area contributed by atoms with Crippen LogP contribution in [-0.4, -0.2) is 28.2 Å². The van der Waals surface area contributed by atoms with Gasteiger partial charge in [-0.1, -0.05) is 18.3 Å². The van der Waals surface area contributed by atoms with Crippen LogP contribution in [0, 0.1) is 29.1 Å². The maximum atomic E-state index is 12.1. The van der Waals surface area contributed by atoms with E-state index in [0.717, 1.165) is 37.0 Å². The summed E-state index contributed by atoms with van der Waals surface area (Å²) in [6.07, 6.45) is 11.0. The van der Waals surface area contributed by atoms with Crippen molar-refractivity contribution in [2.45, 2.75) is 89.6 Å². The molecule has 0 aromatic carbocycles. The van der Waals surface area contributed by atoms with Gasteiger partial charge >= 0.3 is 5.97 Å². The Labute approximate surface area is 178 Å². The number of ether oxygens (including phenoxy) is 1. The van der Waals surface area contributed by atoms with E-state index in [0.29, 0.717) is 24.3 Å². The molecule has 29 heavy (non-hydrogen) atoms. The molecule has 2 N–H and O–H groups in total. The molecule has 4 aliphatic carbocycles. The second kappa shape index (κ2) is 7.30. The van der Waals surface area contributed by atoms with Crippen LogP contribution in [-0.2, 0) is 21.4 Å². The van der Waals surface area contributed by atoms with Gasteiger partial charge in [0.2, 0.25) is 0 Å². The lowest BCUT2D eigenvalue weighted by Gasteiger charge is -2.60. The highest BCUT2D eigenvalue weighted by Gasteiger charge is 2.60. The van der Waals surface area contributed by atoms with E-state index in [1.165, 1.54) is 49.1 Å². The van der Waals surface area contributed by atoms with Crippen LogP contribution in [0.3, 0.4) is 0 Å². The Bertz CT molecular complexity index is 782. The van der Waals surface area contributed by atoms with E-state index in [1.54, 1.807) is 11.5 Å². The summed E-state index contributed by atoms with van der Waals surface area (Å²) in [7, 11) is 0. The molecular weight excluding hydrogens is 382 g/mol. The van der Waals surface area contributed by atoms with Crippen LogP contribution in [0.5, 0.6) is 0 Å². The minimum Gasteiger partial charge on any atom is -0.462 e. The second-order valence-corrected chi connectivity index (χ2v) is 11.5. The highest BCUT2D eigenvalue weighted by molar-refractivity contribution is 7.05. The average Bonchev–Trinajstić information content (AvgIpc) is 3.27. The summed E-state index contributed by atoms with van der Waals surface area (Å²) < 4.78 is 10.1. The van der Waals surface area contributed by atoms with Gasteiger partial charge in [-0.05, 0) is 105 Å². The van der Waals surface area contributed by atoms with Gasteiger partial charge in [0.15, 0.2) is 0 Å². The number of carbonyl (C=O) groups excluding carboxylic acids is 1. The maximum Gasteiger partial charge on any atom is 0.306 e. The first-order chi connectivity index (χ1) is 14.0. The number of esters is 1. The van der Waals surface area contributed by atoms with E-state index in [-0.39, 0.29) is 17.5 Å². The lowest BCUT2D eigenvalue weighted by Crippen LogP contribution is -2.54. The van der Waals surface area contributed by atoms with Crippen molar-refractivity contribution in [2.24, 2.45) is 34.8 Å². The zero-order chi connectivity index (χ0) is 20.2. The molecule has 0 amide bonds. The van der Waals surface area contributed by atoms with Crippen molar-refractivity contribution in [3.8, 4) is 0 Å². The van der Waals surface area contributed by atoms with Crippen molar-refractivity contribution < 1.29 is 9.53 Å². The van der Waals surface area contributed by atoms with Crippen LogP contribution in [0.4, 0.5) is 0 Å². The predicted octanol–water partition coefficient (Wildman–Crippen LogP) is 4.25. The van der Waals surface area contributed by atoms with Gasteiger partial charge in [-0.2, -0.15) is 0 Å². The Morgan fingerprint density at radius 3 is 2.90 bits per heavy atom. The molecule has 1 heterocycles. The van der Waals surface area contributed by atoms with Crippen molar-refractivity contribution in [3.63, 3.8) is 0 Å². The largest absolute Gasteiger partial charge is 0.462 e. The Morgan fingerprint density at radius 1 is 1.21 bits per heavy atom. The monoisotopic (exact) mass is 417 g/mol. The molecule has 0 spiro atoms. The van der Waals surface area contributed by atoms with Crippen molar-refractivity contribution >= 4 is 17.5 Å². The Balaban J connectivity index is 1.29. The van der Waals surface area contributed by atoms with Gasteiger partial charge in [0.1, 0.15) is 6.10 Å². The zero-order valence-electron chi connectivity index (χ0n) is 17.9. The molecule has 3 saturated carbocycles. The van der Waals surface area contributed by atoms with E-state index in [2.05, 4.69) is 23.4 Å². The normalized spacial score (nSPS) is 43.1. The molecule has 0 radical (unpaired) electrons. The quantitative estimate of drug-likeness (QED) is 0.741. The summed E-state index contributed by atoms with van der Waals surface area (Å²) in [6.45, 7) is 5.59. The number of rotatable bonds is 4. The third-order valence-corrected chi connectivity index (χ3v) is 10.1. The molecule has 4 aliphatic rings. The fraction of sp³-hybridized carbons (Fsp3) is 0.870. The Kier molecular flexibility index (Phi) is 5.01. The van der Waals surface area contributed by atoms with Crippen LogP contribution >= 0.6 is 11.5 Å². The van der Waals surface area contributed by atoms with E-state index >= 15 is 0 Å². The number of nitrogens with two attached hydrogens (primary N) is 1. The number of carbonyl (C=O) groups is 1. The van der Waals surface area contributed by atoms with E-state index in [4.69, 9.17) is 10.5 Å². The summed E-state index contributed by atoms with van der Waals surface area (Å²) in [5, 5.41) is 4.56. The third kappa shape index (κ3) is 3.08. The topological polar surface area (TPSA) is 78.1 Å². The summed E-state index contributed by atoms with van der Waals surface area (Å²) in [6, 6.07) is 0. The summed E-state index contributed by atoms with van der Waals surface area (Å²) in [5.74, 6) is 3.03. The highest BCUT2D eigenvalue weighted by atomic mass is 32.1. The molecule has 0 saturated heterocycles. The third-order valence-electron chi connectivity index (χ3n) is 9.39. The molecule has 0 bridgehead atoms. The van der Waals surface area contributed by atoms with Gasteiger partial charge in [0.25, 0.3) is 0 Å². The van der Waals surface area contributed by atoms with Crippen LogP contribution in [0.2, 0.25) is 0 Å². The first-order valence-corrected chi connectivity index (χ1v) is 12.4. The minimum absolute atomic E-state index is 0.0515.